The zero-order valence-corrected chi connectivity index (χ0v) is 11.3. The Bertz CT molecular complexity index is 589. The molecule has 0 aliphatic carbocycles. The second kappa shape index (κ2) is 4.39. The van der Waals surface area contributed by atoms with Crippen LogP contribution in [-0.4, -0.2) is 11.4 Å². The molecular formula is C15H17NOS. The summed E-state index contributed by atoms with van der Waals surface area (Å²) in [6, 6.07) is 8.51. The second-order valence-corrected chi connectivity index (χ2v) is 6.03. The van der Waals surface area contributed by atoms with E-state index >= 15 is 0 Å². The number of nitrogens with one attached hydrogen (secondary N) is 1. The standard InChI is InChI=1S/C15H17NOS/c1-2-15(8-7-14(17)16-15)9-11-10-18-13-6-4-3-5-12(11)13/h3-6,10H,2,7-9H2,1H3,(H,16,17). The minimum atomic E-state index is -0.0130. The SMILES string of the molecule is CCC1(Cc2csc3ccccc23)CCC(=O)N1. The van der Waals surface area contributed by atoms with Crippen LogP contribution in [0.4, 0.5) is 0 Å². The number of thiophene rings is 1. The molecule has 1 aliphatic rings. The number of hydrogen-bond acceptors (Lipinski definition) is 2. The summed E-state index contributed by atoms with van der Waals surface area (Å²) in [5, 5.41) is 6.77. The highest BCUT2D eigenvalue weighted by Crippen LogP contribution is 2.33. The van der Waals surface area contributed by atoms with Crippen LogP contribution in [0.2, 0.25) is 0 Å². The molecule has 1 fully saturated rings. The van der Waals surface area contributed by atoms with Gasteiger partial charge < -0.3 is 5.32 Å². The first-order valence-electron chi connectivity index (χ1n) is 6.48. The van der Waals surface area contributed by atoms with Crippen molar-refractivity contribution in [3.05, 3.63) is 35.2 Å². The van der Waals surface area contributed by atoms with Crippen molar-refractivity contribution in [2.24, 2.45) is 0 Å². The molecule has 1 N–H and O–H groups in total. The number of carbonyl (C=O) groups is 1. The number of carbonyl (C=O) groups excluding carboxylic acids is 1. The molecule has 3 rings (SSSR count). The highest BCUT2D eigenvalue weighted by atomic mass is 32.1. The molecule has 1 amide bonds. The van der Waals surface area contributed by atoms with Gasteiger partial charge in [0, 0.05) is 16.7 Å². The van der Waals surface area contributed by atoms with Crippen LogP contribution >= 0.6 is 11.3 Å². The van der Waals surface area contributed by atoms with Crippen molar-refractivity contribution in [1.82, 2.24) is 5.32 Å². The molecule has 1 aromatic heterocycles. The van der Waals surface area contributed by atoms with Gasteiger partial charge in [-0.3, -0.25) is 4.79 Å². The van der Waals surface area contributed by atoms with Gasteiger partial charge in [-0.2, -0.15) is 0 Å². The van der Waals surface area contributed by atoms with Gasteiger partial charge in [0.05, 0.1) is 0 Å². The molecule has 18 heavy (non-hydrogen) atoms. The van der Waals surface area contributed by atoms with Gasteiger partial charge in [0.2, 0.25) is 5.91 Å². The van der Waals surface area contributed by atoms with E-state index in [1.807, 2.05) is 0 Å². The van der Waals surface area contributed by atoms with Gasteiger partial charge in [0.15, 0.2) is 0 Å². The van der Waals surface area contributed by atoms with Crippen molar-refractivity contribution in [2.45, 2.75) is 38.1 Å². The second-order valence-electron chi connectivity index (χ2n) is 5.12. The monoisotopic (exact) mass is 259 g/mol. The maximum absolute atomic E-state index is 11.5. The Morgan fingerprint density at radius 3 is 2.94 bits per heavy atom. The minimum absolute atomic E-state index is 0.0130. The molecule has 0 saturated carbocycles. The largest absolute Gasteiger partial charge is 0.350 e. The van der Waals surface area contributed by atoms with Gasteiger partial charge in [0.25, 0.3) is 0 Å². The summed E-state index contributed by atoms with van der Waals surface area (Å²) in [6.45, 7) is 2.17. The fraction of sp³-hybridized carbons (Fsp3) is 0.400. The van der Waals surface area contributed by atoms with Crippen LogP contribution in [0.3, 0.4) is 0 Å². The number of hydrogen-bond donors (Lipinski definition) is 1. The molecule has 1 atom stereocenters. The van der Waals surface area contributed by atoms with Gasteiger partial charge >= 0.3 is 0 Å². The Morgan fingerprint density at radius 1 is 1.39 bits per heavy atom. The van der Waals surface area contributed by atoms with E-state index < -0.39 is 0 Å². The van der Waals surface area contributed by atoms with Crippen LogP contribution in [-0.2, 0) is 11.2 Å². The summed E-state index contributed by atoms with van der Waals surface area (Å²) < 4.78 is 1.34. The number of fused-ring (bicyclic) bond motifs is 1. The van der Waals surface area contributed by atoms with Gasteiger partial charge in [-0.15, -0.1) is 11.3 Å². The van der Waals surface area contributed by atoms with Crippen molar-refractivity contribution in [1.29, 1.82) is 0 Å². The lowest BCUT2D eigenvalue weighted by molar-refractivity contribution is -0.119. The zero-order valence-electron chi connectivity index (χ0n) is 10.5. The smallest absolute Gasteiger partial charge is 0.220 e. The maximum Gasteiger partial charge on any atom is 0.220 e. The molecule has 3 heteroatoms. The first-order valence-corrected chi connectivity index (χ1v) is 7.36. The van der Waals surface area contributed by atoms with E-state index in [1.165, 1.54) is 15.6 Å². The Kier molecular flexibility index (Phi) is 2.86. The van der Waals surface area contributed by atoms with Gasteiger partial charge in [0.1, 0.15) is 0 Å². The maximum atomic E-state index is 11.5. The van der Waals surface area contributed by atoms with Crippen molar-refractivity contribution in [3.63, 3.8) is 0 Å². The van der Waals surface area contributed by atoms with E-state index in [1.54, 1.807) is 11.3 Å². The fourth-order valence-corrected chi connectivity index (χ4v) is 3.79. The fourth-order valence-electron chi connectivity index (χ4n) is 2.83. The van der Waals surface area contributed by atoms with Crippen LogP contribution in [0.1, 0.15) is 31.7 Å². The predicted molar refractivity (Wildman–Crippen MR) is 75.9 cm³/mol. The van der Waals surface area contributed by atoms with E-state index in [0.717, 1.165) is 19.3 Å². The lowest BCUT2D eigenvalue weighted by atomic mass is 9.87. The topological polar surface area (TPSA) is 29.1 Å². The zero-order chi connectivity index (χ0) is 12.6. The number of amides is 1. The third kappa shape index (κ3) is 1.93. The van der Waals surface area contributed by atoms with Crippen LogP contribution in [0.15, 0.2) is 29.6 Å². The quantitative estimate of drug-likeness (QED) is 0.898. The normalized spacial score (nSPS) is 23.5. The first-order chi connectivity index (χ1) is 8.72. The van der Waals surface area contributed by atoms with Crippen molar-refractivity contribution < 1.29 is 4.79 Å². The summed E-state index contributed by atoms with van der Waals surface area (Å²) in [7, 11) is 0. The molecule has 2 nitrogen and oxygen atoms in total. The molecule has 1 unspecified atom stereocenters. The van der Waals surface area contributed by atoms with E-state index in [0.29, 0.717) is 6.42 Å². The highest BCUT2D eigenvalue weighted by molar-refractivity contribution is 7.17. The van der Waals surface area contributed by atoms with Gasteiger partial charge in [-0.05, 0) is 41.7 Å². The Hall–Kier alpha value is -1.35. The summed E-state index contributed by atoms with van der Waals surface area (Å²) in [5.41, 5.74) is 1.36. The highest BCUT2D eigenvalue weighted by Gasteiger charge is 2.36. The van der Waals surface area contributed by atoms with Crippen molar-refractivity contribution in [2.75, 3.05) is 0 Å². The lowest BCUT2D eigenvalue weighted by Gasteiger charge is -2.27. The van der Waals surface area contributed by atoms with E-state index in [4.69, 9.17) is 0 Å². The Morgan fingerprint density at radius 2 is 2.22 bits per heavy atom. The Balaban J connectivity index is 1.94. The molecule has 0 spiro atoms. The molecule has 1 saturated heterocycles. The van der Waals surface area contributed by atoms with Gasteiger partial charge in [-0.1, -0.05) is 25.1 Å². The first kappa shape index (κ1) is 11.7. The van der Waals surface area contributed by atoms with E-state index in [-0.39, 0.29) is 11.4 Å². The predicted octanol–water partition coefficient (Wildman–Crippen LogP) is 3.50. The van der Waals surface area contributed by atoms with Crippen LogP contribution in [0.5, 0.6) is 0 Å². The van der Waals surface area contributed by atoms with Crippen LogP contribution < -0.4 is 5.32 Å². The third-order valence-electron chi connectivity index (χ3n) is 4.00. The Labute approximate surface area is 111 Å². The van der Waals surface area contributed by atoms with E-state index in [9.17, 15) is 4.79 Å². The molecule has 2 heterocycles. The molecule has 94 valence electrons. The number of rotatable bonds is 3. The molecular weight excluding hydrogens is 242 g/mol. The number of benzene rings is 1. The third-order valence-corrected chi connectivity index (χ3v) is 5.01. The van der Waals surface area contributed by atoms with Crippen molar-refractivity contribution >= 4 is 27.3 Å². The minimum Gasteiger partial charge on any atom is -0.350 e. The molecule has 0 radical (unpaired) electrons. The van der Waals surface area contributed by atoms with Crippen molar-refractivity contribution in [3.8, 4) is 0 Å². The molecule has 1 aromatic carbocycles. The summed E-state index contributed by atoms with van der Waals surface area (Å²) in [4.78, 5) is 11.5. The summed E-state index contributed by atoms with van der Waals surface area (Å²) in [5.74, 6) is 0.205. The van der Waals surface area contributed by atoms with Crippen LogP contribution in [0, 0.1) is 0 Å². The molecule has 0 bridgehead atoms. The summed E-state index contributed by atoms with van der Waals surface area (Å²) in [6.07, 6.45) is 3.60. The molecule has 1 aliphatic heterocycles. The summed E-state index contributed by atoms with van der Waals surface area (Å²) >= 11 is 1.79. The van der Waals surface area contributed by atoms with E-state index in [2.05, 4.69) is 41.9 Å². The molecule has 2 aromatic rings. The lowest BCUT2D eigenvalue weighted by Crippen LogP contribution is -2.42. The average molecular weight is 259 g/mol. The average Bonchev–Trinajstić information content (AvgIpc) is 2.96. The van der Waals surface area contributed by atoms with Crippen LogP contribution in [0.25, 0.3) is 10.1 Å². The van der Waals surface area contributed by atoms with Gasteiger partial charge in [-0.25, -0.2) is 0 Å².